The molecule has 2 saturated heterocycles. The minimum atomic E-state index is -1.45. The van der Waals surface area contributed by atoms with Gasteiger partial charge in [0.15, 0.2) is 0 Å². The number of aliphatic hydroxyl groups is 1. The van der Waals surface area contributed by atoms with Gasteiger partial charge in [0.2, 0.25) is 0 Å². The fraction of sp³-hybridized carbons (Fsp3) is 0.528. The first-order valence-electron chi connectivity index (χ1n) is 16.8. The highest BCUT2D eigenvalue weighted by molar-refractivity contribution is 5.75. The van der Waals surface area contributed by atoms with Gasteiger partial charge in [0, 0.05) is 50.5 Å². The van der Waals surface area contributed by atoms with Crippen molar-refractivity contribution >= 4 is 12.1 Å². The average molecular weight is 686 g/mol. The molecule has 3 amide bonds. The quantitative estimate of drug-likeness (QED) is 0.274. The molecule has 4 atom stereocenters. The number of halogens is 3. The zero-order valence-corrected chi connectivity index (χ0v) is 28.4. The Labute approximate surface area is 285 Å². The minimum Gasteiger partial charge on any atom is -0.444 e. The molecule has 2 aromatic carbocycles. The molecular formula is C36H46F3N5O5. The number of carbonyl (C=O) groups is 2. The zero-order valence-electron chi connectivity index (χ0n) is 28.4. The van der Waals surface area contributed by atoms with Crippen molar-refractivity contribution < 1.29 is 37.3 Å². The van der Waals surface area contributed by atoms with E-state index in [4.69, 9.17) is 14.5 Å². The summed E-state index contributed by atoms with van der Waals surface area (Å²) < 4.78 is 58.4. The van der Waals surface area contributed by atoms with Crippen LogP contribution in [0.25, 0.3) is 11.3 Å². The fourth-order valence-electron chi connectivity index (χ4n) is 6.43. The second-order valence-electron chi connectivity index (χ2n) is 14.0. The molecule has 49 heavy (non-hydrogen) atoms. The van der Waals surface area contributed by atoms with Gasteiger partial charge in [-0.2, -0.15) is 0 Å². The van der Waals surface area contributed by atoms with E-state index in [-0.39, 0.29) is 43.4 Å². The standard InChI is InChI=1S/C36H46F3N5O5/c1-23(22-45)40-34(46)44(19-26-18-43(20-30(26)39)35(47)49-36(2,3)4)32(25-12-14-48-15-13-25)33-41-31(28-16-27(37)10-11-29(28)38)21-42(33)17-24-8-6-5-7-9-24/h5-11,16,21,23,25-26,30,32,45H,12-15,17-20,22H2,1-4H3,(H,40,46). The third kappa shape index (κ3) is 9.13. The van der Waals surface area contributed by atoms with Gasteiger partial charge in [-0.25, -0.2) is 27.7 Å². The van der Waals surface area contributed by atoms with Gasteiger partial charge in [-0.05, 0) is 70.2 Å². The molecule has 13 heteroatoms. The molecule has 5 rings (SSSR count). The van der Waals surface area contributed by atoms with Crippen molar-refractivity contribution in [2.45, 2.75) is 70.9 Å². The number of amides is 3. The summed E-state index contributed by atoms with van der Waals surface area (Å²) in [4.78, 5) is 34.9. The van der Waals surface area contributed by atoms with Crippen LogP contribution in [0.5, 0.6) is 0 Å². The highest BCUT2D eigenvalue weighted by atomic mass is 19.1. The Morgan fingerprint density at radius 3 is 2.51 bits per heavy atom. The van der Waals surface area contributed by atoms with Crippen molar-refractivity contribution in [3.8, 4) is 11.3 Å². The predicted molar refractivity (Wildman–Crippen MR) is 177 cm³/mol. The lowest BCUT2D eigenvalue weighted by Gasteiger charge is -2.40. The van der Waals surface area contributed by atoms with E-state index in [1.54, 1.807) is 33.9 Å². The van der Waals surface area contributed by atoms with Crippen LogP contribution in [0, 0.1) is 23.5 Å². The fourth-order valence-corrected chi connectivity index (χ4v) is 6.43. The van der Waals surface area contributed by atoms with Gasteiger partial charge < -0.3 is 34.3 Å². The van der Waals surface area contributed by atoms with Crippen LogP contribution < -0.4 is 5.32 Å². The highest BCUT2D eigenvalue weighted by Gasteiger charge is 2.43. The second kappa shape index (κ2) is 15.6. The molecule has 266 valence electrons. The number of hydrogen-bond acceptors (Lipinski definition) is 6. The highest BCUT2D eigenvalue weighted by Crippen LogP contribution is 2.38. The van der Waals surface area contributed by atoms with E-state index in [1.807, 2.05) is 34.9 Å². The summed E-state index contributed by atoms with van der Waals surface area (Å²) in [5, 5.41) is 12.6. The molecule has 2 N–H and O–H groups in total. The maximum Gasteiger partial charge on any atom is 0.410 e. The largest absolute Gasteiger partial charge is 0.444 e. The van der Waals surface area contributed by atoms with Gasteiger partial charge in [-0.15, -0.1) is 0 Å². The summed E-state index contributed by atoms with van der Waals surface area (Å²) >= 11 is 0. The summed E-state index contributed by atoms with van der Waals surface area (Å²) in [6, 6.07) is 10.8. The van der Waals surface area contributed by atoms with Gasteiger partial charge >= 0.3 is 12.1 Å². The van der Waals surface area contributed by atoms with E-state index in [2.05, 4.69) is 5.32 Å². The van der Waals surface area contributed by atoms with Crippen molar-refractivity contribution in [3.63, 3.8) is 0 Å². The molecule has 3 heterocycles. The Bertz CT molecular complexity index is 1580. The maximum atomic E-state index is 15.8. The van der Waals surface area contributed by atoms with E-state index >= 15 is 8.78 Å². The summed E-state index contributed by atoms with van der Waals surface area (Å²) in [6.45, 7) is 7.45. The molecule has 10 nitrogen and oxygen atoms in total. The molecule has 2 aliphatic heterocycles. The molecule has 4 unspecified atom stereocenters. The summed E-state index contributed by atoms with van der Waals surface area (Å²) in [5.74, 6) is -1.83. The molecule has 0 saturated carbocycles. The smallest absolute Gasteiger partial charge is 0.410 e. The third-order valence-corrected chi connectivity index (χ3v) is 8.87. The number of nitrogens with zero attached hydrogens (tertiary/aromatic N) is 4. The summed E-state index contributed by atoms with van der Waals surface area (Å²) in [6.07, 6.45) is 0.675. The molecule has 0 radical (unpaired) electrons. The SMILES string of the molecule is CC(CO)NC(=O)N(CC1CN(C(=O)OC(C)(C)C)CC1F)C(c1nc(-c2cc(F)ccc2F)cn1Cc1ccccc1)C1CCOCC1. The average Bonchev–Trinajstić information content (AvgIpc) is 3.64. The van der Waals surface area contributed by atoms with Gasteiger partial charge in [-0.1, -0.05) is 30.3 Å². The Kier molecular flexibility index (Phi) is 11.5. The first-order valence-corrected chi connectivity index (χ1v) is 16.8. The summed E-state index contributed by atoms with van der Waals surface area (Å²) in [5.41, 5.74) is 0.298. The number of imidazole rings is 1. The van der Waals surface area contributed by atoms with Gasteiger partial charge in [-0.3, -0.25) is 0 Å². The Balaban J connectivity index is 1.60. The molecule has 0 spiro atoms. The van der Waals surface area contributed by atoms with Crippen LogP contribution in [0.3, 0.4) is 0 Å². The number of benzene rings is 2. The monoisotopic (exact) mass is 685 g/mol. The van der Waals surface area contributed by atoms with Crippen LogP contribution in [0.2, 0.25) is 0 Å². The number of alkyl halides is 1. The van der Waals surface area contributed by atoms with Crippen LogP contribution in [-0.2, 0) is 16.0 Å². The van der Waals surface area contributed by atoms with Crippen LogP contribution in [0.1, 0.15) is 58.0 Å². The number of ether oxygens (including phenoxy) is 2. The molecule has 0 bridgehead atoms. The normalized spacial score (nSPS) is 19.8. The van der Waals surface area contributed by atoms with Gasteiger partial charge in [0.05, 0.1) is 30.9 Å². The van der Waals surface area contributed by atoms with Crippen molar-refractivity contribution in [3.05, 3.63) is 77.8 Å². The number of likely N-dealkylation sites (tertiary alicyclic amines) is 1. The number of nitrogens with one attached hydrogen (secondary N) is 1. The molecule has 3 aromatic rings. The Morgan fingerprint density at radius 2 is 1.84 bits per heavy atom. The summed E-state index contributed by atoms with van der Waals surface area (Å²) in [7, 11) is 0. The van der Waals surface area contributed by atoms with Gasteiger partial charge in [0.25, 0.3) is 0 Å². The number of rotatable bonds is 10. The van der Waals surface area contributed by atoms with Crippen molar-refractivity contribution in [1.29, 1.82) is 0 Å². The number of urea groups is 1. The van der Waals surface area contributed by atoms with E-state index in [0.29, 0.717) is 38.4 Å². The van der Waals surface area contributed by atoms with E-state index in [1.165, 1.54) is 9.80 Å². The predicted octanol–water partition coefficient (Wildman–Crippen LogP) is 5.94. The second-order valence-corrected chi connectivity index (χ2v) is 14.0. The molecular weight excluding hydrogens is 639 g/mol. The van der Waals surface area contributed by atoms with Crippen LogP contribution >= 0.6 is 0 Å². The lowest BCUT2D eigenvalue weighted by molar-refractivity contribution is 0.0234. The molecule has 1 aromatic heterocycles. The van der Waals surface area contributed by atoms with Crippen molar-refractivity contribution in [1.82, 2.24) is 24.7 Å². The Morgan fingerprint density at radius 1 is 1.12 bits per heavy atom. The molecule has 2 aliphatic rings. The van der Waals surface area contributed by atoms with Crippen LogP contribution in [-0.4, -0.2) is 93.9 Å². The molecule has 2 fully saturated rings. The number of hydrogen-bond donors (Lipinski definition) is 2. The lowest BCUT2D eigenvalue weighted by atomic mass is 9.89. The van der Waals surface area contributed by atoms with Crippen molar-refractivity contribution in [2.75, 3.05) is 39.5 Å². The van der Waals surface area contributed by atoms with E-state index < -0.39 is 53.5 Å². The van der Waals surface area contributed by atoms with Crippen LogP contribution in [0.15, 0.2) is 54.7 Å². The topological polar surface area (TPSA) is 109 Å². The first kappa shape index (κ1) is 36.2. The van der Waals surface area contributed by atoms with Crippen LogP contribution in [0.4, 0.5) is 22.8 Å². The number of aliphatic hydroxyl groups excluding tert-OH is 1. The lowest BCUT2D eigenvalue weighted by Crippen LogP contribution is -2.51. The van der Waals surface area contributed by atoms with E-state index in [0.717, 1.165) is 23.8 Å². The Hall–Kier alpha value is -4.10. The minimum absolute atomic E-state index is 0.0219. The zero-order chi connectivity index (χ0) is 35.3. The van der Waals surface area contributed by atoms with E-state index in [9.17, 15) is 19.1 Å². The number of carbonyl (C=O) groups excluding carboxylic acids is 2. The first-order chi connectivity index (χ1) is 23.3. The molecule has 0 aliphatic carbocycles. The number of aromatic nitrogens is 2. The maximum absolute atomic E-state index is 15.8. The van der Waals surface area contributed by atoms with Gasteiger partial charge in [0.1, 0.15) is 29.2 Å². The van der Waals surface area contributed by atoms with Crippen molar-refractivity contribution in [2.24, 2.45) is 11.8 Å². The third-order valence-electron chi connectivity index (χ3n) is 8.87.